The third-order valence-corrected chi connectivity index (χ3v) is 4.99. The van der Waals surface area contributed by atoms with Gasteiger partial charge in [-0.1, -0.05) is 18.2 Å². The van der Waals surface area contributed by atoms with E-state index in [9.17, 15) is 9.59 Å². The lowest BCUT2D eigenvalue weighted by molar-refractivity contribution is -0.125. The summed E-state index contributed by atoms with van der Waals surface area (Å²) in [5.41, 5.74) is 7.26. The summed E-state index contributed by atoms with van der Waals surface area (Å²) in [4.78, 5) is 28.1. The van der Waals surface area contributed by atoms with E-state index in [1.807, 2.05) is 42.2 Å². The quantitative estimate of drug-likeness (QED) is 0.655. The van der Waals surface area contributed by atoms with Crippen molar-refractivity contribution in [2.75, 3.05) is 18.0 Å². The average Bonchev–Trinajstić information content (AvgIpc) is 3.04. The molecule has 2 N–H and O–H groups in total. The highest BCUT2D eigenvalue weighted by Gasteiger charge is 2.18. The molecule has 0 fully saturated rings. The Bertz CT molecular complexity index is 797. The van der Waals surface area contributed by atoms with Crippen molar-refractivity contribution in [1.29, 1.82) is 0 Å². The monoisotopic (exact) mass is 355 g/mol. The van der Waals surface area contributed by atoms with Crippen LogP contribution in [0.15, 0.2) is 42.5 Å². The second-order valence-electron chi connectivity index (χ2n) is 5.97. The number of anilines is 1. The number of aryl methyl sites for hydroxylation is 2. The van der Waals surface area contributed by atoms with Gasteiger partial charge in [0.1, 0.15) is 0 Å². The van der Waals surface area contributed by atoms with Crippen molar-refractivity contribution < 1.29 is 9.59 Å². The van der Waals surface area contributed by atoms with Crippen molar-refractivity contribution in [3.63, 3.8) is 0 Å². The van der Waals surface area contributed by atoms with Gasteiger partial charge >= 0.3 is 0 Å². The molecule has 2 aromatic rings. The molecule has 0 aliphatic carbocycles. The minimum atomic E-state index is -0.349. The molecule has 0 spiro atoms. The molecule has 0 saturated heterocycles. The first-order valence-electron chi connectivity index (χ1n) is 8.28. The van der Waals surface area contributed by atoms with Crippen LogP contribution in [0.5, 0.6) is 0 Å². The maximum Gasteiger partial charge on any atom is 0.262 e. The second kappa shape index (κ2) is 7.98. The van der Waals surface area contributed by atoms with E-state index in [1.54, 1.807) is 17.4 Å². The third-order valence-electron chi connectivity index (χ3n) is 4.03. The predicted molar refractivity (Wildman–Crippen MR) is 101 cm³/mol. The lowest BCUT2D eigenvalue weighted by atomic mass is 10.0. The maximum atomic E-state index is 12.1. The van der Waals surface area contributed by atoms with E-state index in [2.05, 4.69) is 16.9 Å². The SMILES string of the molecule is Cc1ccc(/C=C/C(=O)NNC(=O)CN2CCCc3ccccc32)s1. The molecule has 2 amide bonds. The molecule has 0 radical (unpaired) electrons. The van der Waals surface area contributed by atoms with Gasteiger partial charge in [-0.25, -0.2) is 0 Å². The number of nitrogens with one attached hydrogen (secondary N) is 2. The summed E-state index contributed by atoms with van der Waals surface area (Å²) in [5.74, 6) is -0.580. The summed E-state index contributed by atoms with van der Waals surface area (Å²) in [7, 11) is 0. The van der Waals surface area contributed by atoms with Gasteiger partial charge in [0.15, 0.2) is 0 Å². The smallest absolute Gasteiger partial charge is 0.262 e. The molecule has 25 heavy (non-hydrogen) atoms. The highest BCUT2D eigenvalue weighted by atomic mass is 32.1. The van der Waals surface area contributed by atoms with Gasteiger partial charge in [0, 0.05) is 28.1 Å². The third kappa shape index (κ3) is 4.70. The van der Waals surface area contributed by atoms with Crippen molar-refractivity contribution in [3.05, 3.63) is 57.8 Å². The molecule has 1 aliphatic rings. The molecule has 6 heteroatoms. The Kier molecular flexibility index (Phi) is 5.50. The number of hydrogen-bond donors (Lipinski definition) is 2. The molecule has 3 rings (SSSR count). The van der Waals surface area contributed by atoms with E-state index in [0.717, 1.165) is 30.0 Å². The molecule has 130 valence electrons. The van der Waals surface area contributed by atoms with Gasteiger partial charge in [-0.15, -0.1) is 11.3 Å². The Labute approximate surface area is 151 Å². The normalized spacial score (nSPS) is 13.6. The van der Waals surface area contributed by atoms with Crippen molar-refractivity contribution in [2.45, 2.75) is 19.8 Å². The van der Waals surface area contributed by atoms with Crippen LogP contribution in [0.4, 0.5) is 5.69 Å². The summed E-state index contributed by atoms with van der Waals surface area (Å²) in [6, 6.07) is 12.1. The molecule has 2 heterocycles. The Morgan fingerprint density at radius 1 is 1.20 bits per heavy atom. The number of fused-ring (bicyclic) bond motifs is 1. The van der Waals surface area contributed by atoms with Crippen LogP contribution in [-0.2, 0) is 16.0 Å². The van der Waals surface area contributed by atoms with Gasteiger partial charge in [0.2, 0.25) is 0 Å². The summed E-state index contributed by atoms with van der Waals surface area (Å²) in [6.07, 6.45) is 5.22. The highest BCUT2D eigenvalue weighted by molar-refractivity contribution is 7.12. The van der Waals surface area contributed by atoms with Crippen molar-refractivity contribution in [2.24, 2.45) is 0 Å². The molecule has 0 bridgehead atoms. The molecular weight excluding hydrogens is 334 g/mol. The van der Waals surface area contributed by atoms with Crippen LogP contribution in [0.25, 0.3) is 6.08 Å². The zero-order chi connectivity index (χ0) is 17.6. The molecule has 1 aromatic heterocycles. The number of amides is 2. The van der Waals surface area contributed by atoms with Gasteiger partial charge in [0.25, 0.3) is 11.8 Å². The van der Waals surface area contributed by atoms with Crippen LogP contribution < -0.4 is 15.8 Å². The molecule has 0 saturated carbocycles. The Hall–Kier alpha value is -2.60. The van der Waals surface area contributed by atoms with Crippen LogP contribution in [0.1, 0.15) is 21.7 Å². The van der Waals surface area contributed by atoms with Crippen LogP contribution in [-0.4, -0.2) is 24.9 Å². The number of hydrogen-bond acceptors (Lipinski definition) is 4. The van der Waals surface area contributed by atoms with Gasteiger partial charge in [-0.2, -0.15) is 0 Å². The first-order chi connectivity index (χ1) is 12.1. The molecule has 1 aromatic carbocycles. The summed E-state index contributed by atoms with van der Waals surface area (Å²) in [6.45, 7) is 3.09. The van der Waals surface area contributed by atoms with E-state index in [4.69, 9.17) is 0 Å². The Morgan fingerprint density at radius 2 is 2.04 bits per heavy atom. The number of thiophene rings is 1. The van der Waals surface area contributed by atoms with E-state index in [1.165, 1.54) is 16.5 Å². The minimum absolute atomic E-state index is 0.227. The molecule has 0 unspecified atom stereocenters. The predicted octanol–water partition coefficient (Wildman–Crippen LogP) is 2.67. The number of rotatable bonds is 4. The number of nitrogens with zero attached hydrogens (tertiary/aromatic N) is 1. The summed E-state index contributed by atoms with van der Waals surface area (Å²) in [5, 5.41) is 0. The van der Waals surface area contributed by atoms with Crippen LogP contribution in [0.2, 0.25) is 0 Å². The maximum absolute atomic E-state index is 12.1. The molecule has 0 atom stereocenters. The topological polar surface area (TPSA) is 61.4 Å². The average molecular weight is 355 g/mol. The second-order valence-corrected chi connectivity index (χ2v) is 7.29. The van der Waals surface area contributed by atoms with E-state index >= 15 is 0 Å². The lowest BCUT2D eigenvalue weighted by Gasteiger charge is -2.30. The van der Waals surface area contributed by atoms with Gasteiger partial charge in [-0.05, 0) is 49.6 Å². The zero-order valence-corrected chi connectivity index (χ0v) is 14.9. The number of carbonyl (C=O) groups excluding carboxylic acids is 2. The molecule has 5 nitrogen and oxygen atoms in total. The number of benzene rings is 1. The fourth-order valence-corrected chi connectivity index (χ4v) is 3.64. The largest absolute Gasteiger partial charge is 0.362 e. The van der Waals surface area contributed by atoms with Gasteiger partial charge in [0.05, 0.1) is 6.54 Å². The van der Waals surface area contributed by atoms with Crippen LogP contribution >= 0.6 is 11.3 Å². The van der Waals surface area contributed by atoms with Crippen molar-refractivity contribution >= 4 is 34.9 Å². The summed E-state index contributed by atoms with van der Waals surface area (Å²) >= 11 is 1.61. The first kappa shape index (κ1) is 17.2. The van der Waals surface area contributed by atoms with Crippen molar-refractivity contribution in [3.8, 4) is 0 Å². The Balaban J connectivity index is 1.48. The molecule has 1 aliphatic heterocycles. The fourth-order valence-electron chi connectivity index (χ4n) is 2.86. The fraction of sp³-hybridized carbons (Fsp3) is 0.263. The van der Waals surface area contributed by atoms with Crippen LogP contribution in [0.3, 0.4) is 0 Å². The summed E-state index contributed by atoms with van der Waals surface area (Å²) < 4.78 is 0. The first-order valence-corrected chi connectivity index (χ1v) is 9.09. The lowest BCUT2D eigenvalue weighted by Crippen LogP contribution is -2.47. The van der Waals surface area contributed by atoms with E-state index in [0.29, 0.717) is 0 Å². The van der Waals surface area contributed by atoms with Crippen molar-refractivity contribution in [1.82, 2.24) is 10.9 Å². The zero-order valence-electron chi connectivity index (χ0n) is 14.1. The van der Waals surface area contributed by atoms with Gasteiger partial charge in [-0.3, -0.25) is 20.4 Å². The standard InChI is InChI=1S/C19H21N3O2S/c1-14-8-9-16(25-14)10-11-18(23)20-21-19(24)13-22-12-4-6-15-5-2-3-7-17(15)22/h2-3,5,7-11H,4,6,12-13H2,1H3,(H,20,23)(H,21,24)/b11-10+. The number of carbonyl (C=O) groups is 2. The Morgan fingerprint density at radius 3 is 2.84 bits per heavy atom. The van der Waals surface area contributed by atoms with E-state index in [-0.39, 0.29) is 18.4 Å². The highest BCUT2D eigenvalue weighted by Crippen LogP contribution is 2.26. The van der Waals surface area contributed by atoms with Crippen LogP contribution in [0, 0.1) is 6.92 Å². The molecular formula is C19H21N3O2S. The number of para-hydroxylation sites is 1. The minimum Gasteiger partial charge on any atom is -0.362 e. The van der Waals surface area contributed by atoms with E-state index < -0.39 is 0 Å². The van der Waals surface area contributed by atoms with Gasteiger partial charge < -0.3 is 4.90 Å². The number of hydrazine groups is 1.